The summed E-state index contributed by atoms with van der Waals surface area (Å²) in [6.45, 7) is 1.87. The van der Waals surface area contributed by atoms with E-state index in [1.54, 1.807) is 6.07 Å². The minimum atomic E-state index is -0.854. The van der Waals surface area contributed by atoms with Crippen LogP contribution in [0.5, 0.6) is 0 Å². The first-order valence-corrected chi connectivity index (χ1v) is 9.15. The summed E-state index contributed by atoms with van der Waals surface area (Å²) >= 11 is 11.8. The maximum Gasteiger partial charge on any atom is 0.313 e. The Morgan fingerprint density at radius 3 is 2.39 bits per heavy atom. The predicted octanol–water partition coefficient (Wildman–Crippen LogP) is 3.19. The van der Waals surface area contributed by atoms with Crippen LogP contribution in [0.25, 0.3) is 0 Å². The first-order chi connectivity index (χ1) is 13.3. The van der Waals surface area contributed by atoms with E-state index in [9.17, 15) is 19.7 Å². The quantitative estimate of drug-likeness (QED) is 0.465. The summed E-state index contributed by atoms with van der Waals surface area (Å²) in [4.78, 5) is 38.4. The molecule has 2 aromatic rings. The van der Waals surface area contributed by atoms with Gasteiger partial charge in [-0.25, -0.2) is 0 Å². The van der Waals surface area contributed by atoms with Crippen LogP contribution in [0.15, 0.2) is 42.5 Å². The second-order valence-electron chi connectivity index (χ2n) is 6.14. The Labute approximate surface area is 170 Å². The molecule has 10 heteroatoms. The van der Waals surface area contributed by atoms with Gasteiger partial charge in [0.2, 0.25) is 0 Å². The second kappa shape index (κ2) is 8.45. The molecule has 1 aliphatic rings. The van der Waals surface area contributed by atoms with Crippen LogP contribution >= 0.6 is 23.2 Å². The van der Waals surface area contributed by atoms with Gasteiger partial charge in [-0.3, -0.25) is 19.7 Å². The number of rotatable bonds is 3. The van der Waals surface area contributed by atoms with Crippen molar-refractivity contribution >= 4 is 52.1 Å². The number of carbonyl (C=O) groups is 2. The van der Waals surface area contributed by atoms with E-state index in [0.29, 0.717) is 31.2 Å². The average molecular weight is 423 g/mol. The summed E-state index contributed by atoms with van der Waals surface area (Å²) in [6.07, 6.45) is 0. The highest BCUT2D eigenvalue weighted by molar-refractivity contribution is 6.39. The smallest absolute Gasteiger partial charge is 0.313 e. The summed E-state index contributed by atoms with van der Waals surface area (Å²) in [6, 6.07) is 11.2. The molecule has 3 rings (SSSR count). The Bertz CT molecular complexity index is 930. The Balaban J connectivity index is 1.60. The van der Waals surface area contributed by atoms with Crippen molar-refractivity contribution in [1.82, 2.24) is 4.90 Å². The molecule has 0 aliphatic carbocycles. The molecule has 0 spiro atoms. The van der Waals surface area contributed by atoms with Crippen molar-refractivity contribution in [1.29, 1.82) is 0 Å². The summed E-state index contributed by atoms with van der Waals surface area (Å²) in [5, 5.41) is 13.9. The zero-order valence-electron chi connectivity index (χ0n) is 14.6. The highest BCUT2D eigenvalue weighted by atomic mass is 35.5. The number of nitrogens with one attached hydrogen (secondary N) is 1. The minimum Gasteiger partial charge on any atom is -0.368 e. The van der Waals surface area contributed by atoms with Gasteiger partial charge in [0.1, 0.15) is 5.02 Å². The van der Waals surface area contributed by atoms with Crippen molar-refractivity contribution in [3.8, 4) is 0 Å². The minimum absolute atomic E-state index is 0.0496. The Morgan fingerprint density at radius 2 is 1.75 bits per heavy atom. The van der Waals surface area contributed by atoms with Crippen molar-refractivity contribution in [2.24, 2.45) is 0 Å². The van der Waals surface area contributed by atoms with E-state index in [0.717, 1.165) is 11.8 Å². The Morgan fingerprint density at radius 1 is 1.04 bits per heavy atom. The molecule has 0 aromatic heterocycles. The largest absolute Gasteiger partial charge is 0.368 e. The summed E-state index contributed by atoms with van der Waals surface area (Å²) in [7, 11) is 0. The molecule has 2 aromatic carbocycles. The van der Waals surface area contributed by atoms with Gasteiger partial charge in [-0.05, 0) is 30.3 Å². The van der Waals surface area contributed by atoms with Crippen LogP contribution in [0.2, 0.25) is 10.0 Å². The monoisotopic (exact) mass is 422 g/mol. The van der Waals surface area contributed by atoms with Crippen LogP contribution in [0.1, 0.15) is 0 Å². The molecule has 0 radical (unpaired) electrons. The molecule has 0 saturated carbocycles. The molecule has 0 unspecified atom stereocenters. The number of nitrogens with zero attached hydrogens (tertiary/aromatic N) is 3. The summed E-state index contributed by atoms with van der Waals surface area (Å²) in [5.74, 6) is -1.55. The fourth-order valence-corrected chi connectivity index (χ4v) is 3.27. The van der Waals surface area contributed by atoms with Gasteiger partial charge in [0.05, 0.1) is 4.92 Å². The number of nitro groups is 1. The van der Waals surface area contributed by atoms with E-state index in [-0.39, 0.29) is 16.4 Å². The molecule has 1 heterocycles. The molecule has 1 N–H and O–H groups in total. The second-order valence-corrected chi connectivity index (χ2v) is 6.98. The first kappa shape index (κ1) is 19.9. The number of anilines is 2. The number of carbonyl (C=O) groups excluding carboxylic acids is 2. The van der Waals surface area contributed by atoms with E-state index in [4.69, 9.17) is 23.2 Å². The Kier molecular flexibility index (Phi) is 6.01. The number of nitro benzene ring substituents is 1. The standard InChI is InChI=1S/C18H16Cl2N4O4/c19-12-2-1-3-14(10-12)22-6-8-23(9-7-22)18(26)17(25)21-13-4-5-15(20)16(11-13)24(27)28/h1-5,10-11H,6-9H2,(H,21,25). The highest BCUT2D eigenvalue weighted by Crippen LogP contribution is 2.27. The van der Waals surface area contributed by atoms with Gasteiger partial charge in [-0.2, -0.15) is 0 Å². The lowest BCUT2D eigenvalue weighted by Gasteiger charge is -2.35. The topological polar surface area (TPSA) is 95.8 Å². The van der Waals surface area contributed by atoms with Crippen LogP contribution < -0.4 is 10.2 Å². The molecule has 1 fully saturated rings. The molecule has 1 aliphatic heterocycles. The van der Waals surface area contributed by atoms with Crippen molar-refractivity contribution in [2.45, 2.75) is 0 Å². The number of hydrogen-bond acceptors (Lipinski definition) is 5. The molecule has 2 amide bonds. The molecule has 28 heavy (non-hydrogen) atoms. The lowest BCUT2D eigenvalue weighted by atomic mass is 10.2. The number of benzene rings is 2. The third-order valence-electron chi connectivity index (χ3n) is 4.34. The Hall–Kier alpha value is -2.84. The maximum absolute atomic E-state index is 12.4. The van der Waals surface area contributed by atoms with E-state index < -0.39 is 16.7 Å². The van der Waals surface area contributed by atoms with Crippen LogP contribution in [0.4, 0.5) is 17.1 Å². The van der Waals surface area contributed by atoms with Crippen molar-refractivity contribution in [3.63, 3.8) is 0 Å². The lowest BCUT2D eigenvalue weighted by molar-refractivity contribution is -0.384. The number of piperazine rings is 1. The van der Waals surface area contributed by atoms with Crippen molar-refractivity contribution in [2.75, 3.05) is 36.4 Å². The SMILES string of the molecule is O=C(Nc1ccc(Cl)c([N+](=O)[O-])c1)C(=O)N1CCN(c2cccc(Cl)c2)CC1. The molecule has 1 saturated heterocycles. The van der Waals surface area contributed by atoms with Crippen molar-refractivity contribution < 1.29 is 14.5 Å². The lowest BCUT2D eigenvalue weighted by Crippen LogP contribution is -2.51. The van der Waals surface area contributed by atoms with Gasteiger partial charge >= 0.3 is 11.8 Å². The predicted molar refractivity (Wildman–Crippen MR) is 107 cm³/mol. The fourth-order valence-electron chi connectivity index (χ4n) is 2.90. The number of hydrogen-bond donors (Lipinski definition) is 1. The van der Waals surface area contributed by atoms with Gasteiger partial charge in [-0.15, -0.1) is 0 Å². The van der Waals surface area contributed by atoms with E-state index in [2.05, 4.69) is 10.2 Å². The van der Waals surface area contributed by atoms with Crippen LogP contribution in [0.3, 0.4) is 0 Å². The van der Waals surface area contributed by atoms with Gasteiger partial charge in [0.25, 0.3) is 5.69 Å². The van der Waals surface area contributed by atoms with E-state index >= 15 is 0 Å². The van der Waals surface area contributed by atoms with Crippen LogP contribution in [-0.2, 0) is 9.59 Å². The van der Waals surface area contributed by atoms with Gasteiger partial charge < -0.3 is 15.1 Å². The van der Waals surface area contributed by atoms with Gasteiger partial charge in [0, 0.05) is 48.6 Å². The van der Waals surface area contributed by atoms with E-state index in [1.807, 2.05) is 18.2 Å². The zero-order valence-corrected chi connectivity index (χ0v) is 16.1. The van der Waals surface area contributed by atoms with Crippen molar-refractivity contribution in [3.05, 3.63) is 62.6 Å². The zero-order chi connectivity index (χ0) is 20.3. The van der Waals surface area contributed by atoms with E-state index in [1.165, 1.54) is 17.0 Å². The molecule has 0 bridgehead atoms. The molecule has 0 atom stereocenters. The third kappa shape index (κ3) is 4.52. The summed E-state index contributed by atoms with van der Waals surface area (Å²) < 4.78 is 0. The molecule has 8 nitrogen and oxygen atoms in total. The number of amides is 2. The normalized spacial score (nSPS) is 13.9. The highest BCUT2D eigenvalue weighted by Gasteiger charge is 2.26. The maximum atomic E-state index is 12.4. The van der Waals surface area contributed by atoms with Crippen LogP contribution in [-0.4, -0.2) is 47.8 Å². The fraction of sp³-hybridized carbons (Fsp3) is 0.222. The molecular formula is C18H16Cl2N4O4. The first-order valence-electron chi connectivity index (χ1n) is 8.40. The molecular weight excluding hydrogens is 407 g/mol. The van der Waals surface area contributed by atoms with Gasteiger partial charge in [-0.1, -0.05) is 29.3 Å². The average Bonchev–Trinajstić information content (AvgIpc) is 2.68. The number of halogens is 2. The summed E-state index contributed by atoms with van der Waals surface area (Å²) in [5.41, 5.74) is 0.742. The third-order valence-corrected chi connectivity index (χ3v) is 4.89. The van der Waals surface area contributed by atoms with Gasteiger partial charge in [0.15, 0.2) is 0 Å². The molecule has 146 valence electrons. The van der Waals surface area contributed by atoms with Crippen LogP contribution in [0, 0.1) is 10.1 Å².